The average molecular weight is 259 g/mol. The minimum atomic E-state index is -0.974. The molecule has 0 fully saturated rings. The van der Waals surface area contributed by atoms with E-state index in [1.165, 1.54) is 18.9 Å². The van der Waals surface area contributed by atoms with Crippen LogP contribution in [-0.4, -0.2) is 47.5 Å². The van der Waals surface area contributed by atoms with Crippen LogP contribution in [0, 0.1) is 11.8 Å². The number of carbonyl (C=O) groups excluding carboxylic acids is 2. The van der Waals surface area contributed by atoms with Crippen LogP contribution in [0.5, 0.6) is 0 Å². The fourth-order valence-electron chi connectivity index (χ4n) is 1.48. The molecule has 0 aliphatic heterocycles. The maximum absolute atomic E-state index is 12.0. The zero-order chi connectivity index (χ0) is 14.5. The first-order valence-electron chi connectivity index (χ1n) is 5.70. The Morgan fingerprint density at radius 2 is 1.78 bits per heavy atom. The zero-order valence-electron chi connectivity index (χ0n) is 11.1. The van der Waals surface area contributed by atoms with Crippen LogP contribution in [0.1, 0.15) is 20.8 Å². The van der Waals surface area contributed by atoms with Crippen LogP contribution < -0.4 is 11.1 Å². The van der Waals surface area contributed by atoms with Gasteiger partial charge in [-0.05, 0) is 5.92 Å². The topological polar surface area (TPSA) is 113 Å². The number of primary amides is 1. The molecule has 0 spiro atoms. The van der Waals surface area contributed by atoms with Crippen molar-refractivity contribution in [2.75, 3.05) is 13.6 Å². The molecule has 7 heteroatoms. The Hall–Kier alpha value is -1.79. The lowest BCUT2D eigenvalue weighted by Gasteiger charge is -2.27. The highest BCUT2D eigenvalue weighted by Crippen LogP contribution is 2.07. The number of nitrogens with two attached hydrogens (primary N) is 1. The van der Waals surface area contributed by atoms with Gasteiger partial charge in [0.05, 0.1) is 5.92 Å². The number of likely N-dealkylation sites (N-methyl/N-ethyl adjacent to an activating group) is 1. The van der Waals surface area contributed by atoms with Gasteiger partial charge in [-0.2, -0.15) is 0 Å². The molecule has 0 saturated heterocycles. The van der Waals surface area contributed by atoms with Crippen molar-refractivity contribution in [1.82, 2.24) is 10.2 Å². The number of hydrogen-bond acceptors (Lipinski definition) is 3. The summed E-state index contributed by atoms with van der Waals surface area (Å²) in [4.78, 5) is 34.9. The lowest BCUT2D eigenvalue weighted by molar-refractivity contribution is -0.143. The summed E-state index contributed by atoms with van der Waals surface area (Å²) in [6.45, 7) is 5.13. The molecule has 0 heterocycles. The summed E-state index contributed by atoms with van der Waals surface area (Å²) in [6.07, 6.45) is 0. The van der Waals surface area contributed by atoms with Crippen molar-refractivity contribution in [2.45, 2.75) is 26.8 Å². The van der Waals surface area contributed by atoms with E-state index in [0.29, 0.717) is 0 Å². The molecular formula is C11H21N3O4. The Morgan fingerprint density at radius 1 is 1.28 bits per heavy atom. The average Bonchev–Trinajstić information content (AvgIpc) is 2.23. The van der Waals surface area contributed by atoms with Crippen LogP contribution >= 0.6 is 0 Å². The molecule has 0 aromatic carbocycles. The van der Waals surface area contributed by atoms with Gasteiger partial charge in [0.1, 0.15) is 6.04 Å². The first kappa shape index (κ1) is 16.2. The van der Waals surface area contributed by atoms with Crippen LogP contribution in [0.2, 0.25) is 0 Å². The van der Waals surface area contributed by atoms with Gasteiger partial charge in [0.2, 0.25) is 5.91 Å². The summed E-state index contributed by atoms with van der Waals surface area (Å²) in [6, 6.07) is -1.52. The maximum atomic E-state index is 12.0. The highest BCUT2D eigenvalue weighted by Gasteiger charge is 2.27. The van der Waals surface area contributed by atoms with Crippen LogP contribution in [0.15, 0.2) is 0 Å². The molecule has 104 valence electrons. The first-order chi connectivity index (χ1) is 8.16. The molecule has 0 aliphatic rings. The number of aliphatic carboxylic acids is 1. The standard InChI is InChI=1S/C11H21N3O4/c1-6(2)8(13-11(12)18)9(15)14(4)5-7(3)10(16)17/h6-8H,5H2,1-4H3,(H,16,17)(H3,12,13,18). The first-order valence-corrected chi connectivity index (χ1v) is 5.70. The SMILES string of the molecule is CC(CN(C)C(=O)C(NC(N)=O)C(C)C)C(=O)O. The predicted molar refractivity (Wildman–Crippen MR) is 65.8 cm³/mol. The molecule has 7 nitrogen and oxygen atoms in total. The Kier molecular flexibility index (Phi) is 6.15. The summed E-state index contributed by atoms with van der Waals surface area (Å²) < 4.78 is 0. The van der Waals surface area contributed by atoms with Crippen molar-refractivity contribution in [3.05, 3.63) is 0 Å². The molecule has 4 N–H and O–H groups in total. The Bertz CT molecular complexity index is 330. The summed E-state index contributed by atoms with van der Waals surface area (Å²) in [5.41, 5.74) is 5.00. The third-order valence-electron chi connectivity index (χ3n) is 2.58. The second-order valence-electron chi connectivity index (χ2n) is 4.69. The summed E-state index contributed by atoms with van der Waals surface area (Å²) >= 11 is 0. The molecule has 2 unspecified atom stereocenters. The van der Waals surface area contributed by atoms with E-state index in [9.17, 15) is 14.4 Å². The Labute approximate surface area is 106 Å². The van der Waals surface area contributed by atoms with E-state index in [1.54, 1.807) is 13.8 Å². The van der Waals surface area contributed by atoms with Crippen molar-refractivity contribution in [3.8, 4) is 0 Å². The van der Waals surface area contributed by atoms with Crippen molar-refractivity contribution < 1.29 is 19.5 Å². The molecule has 0 aromatic heterocycles. The fourth-order valence-corrected chi connectivity index (χ4v) is 1.48. The molecule has 2 atom stereocenters. The number of rotatable bonds is 6. The second kappa shape index (κ2) is 6.83. The van der Waals surface area contributed by atoms with Gasteiger partial charge in [0.15, 0.2) is 0 Å². The Morgan fingerprint density at radius 3 is 2.11 bits per heavy atom. The van der Waals surface area contributed by atoms with Gasteiger partial charge in [-0.25, -0.2) is 4.79 Å². The van der Waals surface area contributed by atoms with E-state index in [2.05, 4.69) is 5.32 Å². The number of carboxylic acid groups (broad SMARTS) is 1. The van der Waals surface area contributed by atoms with Crippen molar-refractivity contribution >= 4 is 17.9 Å². The van der Waals surface area contributed by atoms with E-state index in [0.717, 1.165) is 0 Å². The lowest BCUT2D eigenvalue weighted by atomic mass is 10.0. The predicted octanol–water partition coefficient (Wildman–Crippen LogP) is -0.142. The smallest absolute Gasteiger partial charge is 0.312 e. The van der Waals surface area contributed by atoms with Gasteiger partial charge in [-0.1, -0.05) is 20.8 Å². The largest absolute Gasteiger partial charge is 0.481 e. The van der Waals surface area contributed by atoms with Crippen LogP contribution in [0.25, 0.3) is 0 Å². The molecule has 0 radical (unpaired) electrons. The van der Waals surface area contributed by atoms with Gasteiger partial charge in [0.25, 0.3) is 0 Å². The van der Waals surface area contributed by atoms with E-state index in [-0.39, 0.29) is 18.4 Å². The van der Waals surface area contributed by atoms with E-state index in [4.69, 9.17) is 10.8 Å². The quantitative estimate of drug-likeness (QED) is 0.616. The van der Waals surface area contributed by atoms with E-state index >= 15 is 0 Å². The third kappa shape index (κ3) is 5.03. The number of nitrogens with zero attached hydrogens (tertiary/aromatic N) is 1. The highest BCUT2D eigenvalue weighted by atomic mass is 16.4. The molecule has 0 aromatic rings. The fraction of sp³-hybridized carbons (Fsp3) is 0.727. The van der Waals surface area contributed by atoms with Crippen LogP contribution in [0.3, 0.4) is 0 Å². The molecular weight excluding hydrogens is 238 g/mol. The van der Waals surface area contributed by atoms with Gasteiger partial charge in [-0.15, -0.1) is 0 Å². The molecule has 0 saturated carbocycles. The summed E-state index contributed by atoms with van der Waals surface area (Å²) in [7, 11) is 1.50. The maximum Gasteiger partial charge on any atom is 0.312 e. The molecule has 0 rings (SSSR count). The molecule has 0 aliphatic carbocycles. The normalized spacial score (nSPS) is 13.8. The van der Waals surface area contributed by atoms with Crippen molar-refractivity contribution in [2.24, 2.45) is 17.6 Å². The van der Waals surface area contributed by atoms with E-state index in [1.807, 2.05) is 0 Å². The lowest BCUT2D eigenvalue weighted by Crippen LogP contribution is -2.52. The van der Waals surface area contributed by atoms with Crippen LogP contribution in [-0.2, 0) is 9.59 Å². The second-order valence-corrected chi connectivity index (χ2v) is 4.69. The highest BCUT2D eigenvalue weighted by molar-refractivity contribution is 5.87. The van der Waals surface area contributed by atoms with Gasteiger partial charge in [0, 0.05) is 13.6 Å². The molecule has 18 heavy (non-hydrogen) atoms. The van der Waals surface area contributed by atoms with Crippen molar-refractivity contribution in [1.29, 1.82) is 0 Å². The third-order valence-corrected chi connectivity index (χ3v) is 2.58. The number of amides is 3. The monoisotopic (exact) mass is 259 g/mol. The number of hydrogen-bond donors (Lipinski definition) is 3. The summed E-state index contributed by atoms with van der Waals surface area (Å²) in [5.74, 6) is -2.12. The zero-order valence-corrected chi connectivity index (χ0v) is 11.1. The number of carboxylic acids is 1. The van der Waals surface area contributed by atoms with E-state index < -0.39 is 24.0 Å². The number of carbonyl (C=O) groups is 3. The van der Waals surface area contributed by atoms with Crippen molar-refractivity contribution in [3.63, 3.8) is 0 Å². The molecule has 0 bridgehead atoms. The number of nitrogens with one attached hydrogen (secondary N) is 1. The molecule has 3 amide bonds. The van der Waals surface area contributed by atoms with Gasteiger partial charge in [-0.3, -0.25) is 9.59 Å². The van der Waals surface area contributed by atoms with Crippen LogP contribution in [0.4, 0.5) is 4.79 Å². The number of urea groups is 1. The minimum absolute atomic E-state index is 0.0812. The van der Waals surface area contributed by atoms with Gasteiger partial charge < -0.3 is 21.1 Å². The summed E-state index contributed by atoms with van der Waals surface area (Å²) in [5, 5.41) is 11.1. The Balaban J connectivity index is 4.66. The van der Waals surface area contributed by atoms with Gasteiger partial charge >= 0.3 is 12.0 Å². The minimum Gasteiger partial charge on any atom is -0.481 e.